The minimum absolute atomic E-state index is 0.00501. The van der Waals surface area contributed by atoms with Crippen LogP contribution in [0.1, 0.15) is 42.2 Å². The summed E-state index contributed by atoms with van der Waals surface area (Å²) in [7, 11) is 0. The van der Waals surface area contributed by atoms with Crippen molar-refractivity contribution in [3.63, 3.8) is 0 Å². The first kappa shape index (κ1) is 18.6. The summed E-state index contributed by atoms with van der Waals surface area (Å²) in [5.41, 5.74) is 4.67. The number of rotatable bonds is 6. The van der Waals surface area contributed by atoms with Gasteiger partial charge in [-0.3, -0.25) is 14.3 Å². The van der Waals surface area contributed by atoms with E-state index in [1.807, 2.05) is 41.9 Å². The van der Waals surface area contributed by atoms with E-state index >= 15 is 0 Å². The molecule has 3 heterocycles. The Balaban J connectivity index is 1.50. The smallest absolute Gasteiger partial charge is 0.225 e. The second-order valence-corrected chi connectivity index (χ2v) is 7.84. The van der Waals surface area contributed by atoms with Crippen molar-refractivity contribution in [3.05, 3.63) is 33.5 Å². The Labute approximate surface area is 157 Å². The van der Waals surface area contributed by atoms with Crippen LogP contribution in [-0.2, 0) is 35.6 Å². The second-order valence-electron chi connectivity index (χ2n) is 6.90. The lowest BCUT2D eigenvalue weighted by Gasteiger charge is -2.29. The van der Waals surface area contributed by atoms with Gasteiger partial charge in [-0.25, -0.2) is 4.98 Å². The van der Waals surface area contributed by atoms with Crippen molar-refractivity contribution in [1.82, 2.24) is 25.0 Å². The maximum atomic E-state index is 12.2. The Hall–Kier alpha value is -2.22. The third kappa shape index (κ3) is 4.30. The lowest BCUT2D eigenvalue weighted by molar-refractivity contribution is -0.136. The molecule has 7 nitrogen and oxygen atoms in total. The van der Waals surface area contributed by atoms with Crippen LogP contribution in [0.15, 0.2) is 11.6 Å². The van der Waals surface area contributed by atoms with E-state index in [9.17, 15) is 9.59 Å². The summed E-state index contributed by atoms with van der Waals surface area (Å²) in [5, 5.41) is 7.47. The number of hydrogen-bond donors (Lipinski definition) is 1. The molecule has 26 heavy (non-hydrogen) atoms. The predicted molar refractivity (Wildman–Crippen MR) is 99.5 cm³/mol. The van der Waals surface area contributed by atoms with Crippen LogP contribution < -0.4 is 5.32 Å². The molecular formula is C18H25N5O2S. The SMILES string of the molecule is Cc1ncsc1CCC(=O)NCc1cc2n(n1)CCN(C(=O)C(C)C)C2. The van der Waals surface area contributed by atoms with Gasteiger partial charge >= 0.3 is 0 Å². The zero-order valence-corrected chi connectivity index (χ0v) is 16.3. The fourth-order valence-corrected chi connectivity index (χ4v) is 3.82. The quantitative estimate of drug-likeness (QED) is 0.836. The normalized spacial score (nSPS) is 13.8. The molecule has 8 heteroatoms. The van der Waals surface area contributed by atoms with Crippen LogP contribution in [0, 0.1) is 12.8 Å². The molecule has 2 aromatic rings. The summed E-state index contributed by atoms with van der Waals surface area (Å²) < 4.78 is 1.94. The van der Waals surface area contributed by atoms with E-state index in [2.05, 4.69) is 15.4 Å². The van der Waals surface area contributed by atoms with Gasteiger partial charge in [0, 0.05) is 23.8 Å². The largest absolute Gasteiger partial charge is 0.350 e. The first-order valence-corrected chi connectivity index (χ1v) is 9.82. The number of aryl methyl sites for hydroxylation is 2. The number of fused-ring (bicyclic) bond motifs is 1. The fourth-order valence-electron chi connectivity index (χ4n) is 3.04. The summed E-state index contributed by atoms with van der Waals surface area (Å²) in [5.74, 6) is 0.191. The number of hydrogen-bond acceptors (Lipinski definition) is 5. The van der Waals surface area contributed by atoms with Gasteiger partial charge in [-0.15, -0.1) is 11.3 Å². The summed E-state index contributed by atoms with van der Waals surface area (Å²) >= 11 is 1.59. The first-order valence-electron chi connectivity index (χ1n) is 8.94. The fraction of sp³-hybridized carbons (Fsp3) is 0.556. The maximum absolute atomic E-state index is 12.2. The monoisotopic (exact) mass is 375 g/mol. The van der Waals surface area contributed by atoms with Gasteiger partial charge in [0.2, 0.25) is 11.8 Å². The van der Waals surface area contributed by atoms with Gasteiger partial charge in [0.05, 0.1) is 42.2 Å². The number of thiazole rings is 1. The molecule has 0 fully saturated rings. The summed E-state index contributed by atoms with van der Waals surface area (Å²) in [6.45, 7) is 8.19. The number of amides is 2. The highest BCUT2D eigenvalue weighted by atomic mass is 32.1. The van der Waals surface area contributed by atoms with E-state index in [1.54, 1.807) is 11.3 Å². The van der Waals surface area contributed by atoms with Crippen LogP contribution >= 0.6 is 11.3 Å². The van der Waals surface area contributed by atoms with Crippen molar-refractivity contribution in [2.45, 2.75) is 53.2 Å². The molecular weight excluding hydrogens is 350 g/mol. The van der Waals surface area contributed by atoms with E-state index in [4.69, 9.17) is 0 Å². The molecule has 3 rings (SSSR count). The maximum Gasteiger partial charge on any atom is 0.225 e. The van der Waals surface area contributed by atoms with Crippen LogP contribution in [0.4, 0.5) is 0 Å². The molecule has 0 bridgehead atoms. The molecule has 1 aliphatic heterocycles. The van der Waals surface area contributed by atoms with Gasteiger partial charge in [0.25, 0.3) is 0 Å². The molecule has 0 radical (unpaired) electrons. The van der Waals surface area contributed by atoms with Crippen molar-refractivity contribution < 1.29 is 9.59 Å². The van der Waals surface area contributed by atoms with E-state index in [1.165, 1.54) is 0 Å². The zero-order valence-electron chi connectivity index (χ0n) is 15.5. The summed E-state index contributed by atoms with van der Waals surface area (Å²) in [6.07, 6.45) is 1.17. The molecule has 0 unspecified atom stereocenters. The minimum atomic E-state index is 0.00501. The Morgan fingerprint density at radius 1 is 1.35 bits per heavy atom. The molecule has 2 aromatic heterocycles. The molecule has 0 spiro atoms. The van der Waals surface area contributed by atoms with Crippen molar-refractivity contribution in [2.24, 2.45) is 5.92 Å². The van der Waals surface area contributed by atoms with Gasteiger partial charge in [0.1, 0.15) is 0 Å². The molecule has 1 aliphatic rings. The molecule has 0 atom stereocenters. The van der Waals surface area contributed by atoms with Gasteiger partial charge in [-0.05, 0) is 19.4 Å². The average Bonchev–Trinajstić information content (AvgIpc) is 3.22. The molecule has 140 valence electrons. The number of carbonyl (C=O) groups excluding carboxylic acids is 2. The molecule has 0 aliphatic carbocycles. The molecule has 2 amide bonds. The molecule has 0 saturated carbocycles. The van der Waals surface area contributed by atoms with Crippen molar-refractivity contribution in [2.75, 3.05) is 6.54 Å². The minimum Gasteiger partial charge on any atom is -0.350 e. The van der Waals surface area contributed by atoms with E-state index < -0.39 is 0 Å². The number of aromatic nitrogens is 3. The third-order valence-electron chi connectivity index (χ3n) is 4.54. The van der Waals surface area contributed by atoms with E-state index in [0.717, 1.165) is 22.0 Å². The number of nitrogens with zero attached hydrogens (tertiary/aromatic N) is 4. The van der Waals surface area contributed by atoms with Gasteiger partial charge in [-0.1, -0.05) is 13.8 Å². The average molecular weight is 375 g/mol. The van der Waals surface area contributed by atoms with Gasteiger partial charge < -0.3 is 10.2 Å². The highest BCUT2D eigenvalue weighted by molar-refractivity contribution is 7.09. The van der Waals surface area contributed by atoms with Crippen molar-refractivity contribution >= 4 is 23.2 Å². The van der Waals surface area contributed by atoms with Crippen molar-refractivity contribution in [1.29, 1.82) is 0 Å². The Morgan fingerprint density at radius 2 is 2.15 bits per heavy atom. The van der Waals surface area contributed by atoms with Crippen molar-refractivity contribution in [3.8, 4) is 0 Å². The lowest BCUT2D eigenvalue weighted by Crippen LogP contribution is -2.40. The lowest BCUT2D eigenvalue weighted by atomic mass is 10.1. The molecule has 0 aromatic carbocycles. The molecule has 1 N–H and O–H groups in total. The topological polar surface area (TPSA) is 80.1 Å². The van der Waals surface area contributed by atoms with Gasteiger partial charge in [0.15, 0.2) is 0 Å². The Bertz CT molecular complexity index is 795. The first-order chi connectivity index (χ1) is 12.4. The third-order valence-corrected chi connectivity index (χ3v) is 5.54. The van der Waals surface area contributed by atoms with E-state index in [-0.39, 0.29) is 17.7 Å². The Morgan fingerprint density at radius 3 is 2.85 bits per heavy atom. The van der Waals surface area contributed by atoms with Crippen LogP contribution in [0.5, 0.6) is 0 Å². The van der Waals surface area contributed by atoms with Crippen LogP contribution in [0.2, 0.25) is 0 Å². The zero-order chi connectivity index (χ0) is 18.7. The highest BCUT2D eigenvalue weighted by Crippen LogP contribution is 2.16. The summed E-state index contributed by atoms with van der Waals surface area (Å²) in [4.78, 5) is 31.5. The van der Waals surface area contributed by atoms with Crippen LogP contribution in [-0.4, -0.2) is 38.0 Å². The highest BCUT2D eigenvalue weighted by Gasteiger charge is 2.23. The van der Waals surface area contributed by atoms with Gasteiger partial charge in [-0.2, -0.15) is 5.10 Å². The van der Waals surface area contributed by atoms with Crippen LogP contribution in [0.3, 0.4) is 0 Å². The van der Waals surface area contributed by atoms with E-state index in [0.29, 0.717) is 39.0 Å². The standard InChI is InChI=1S/C18H25N5O2S/c1-12(2)18(25)22-6-7-23-15(10-22)8-14(21-23)9-19-17(24)5-4-16-13(3)20-11-26-16/h8,11-12H,4-7,9-10H2,1-3H3,(H,19,24). The molecule has 0 saturated heterocycles. The Kier molecular flexibility index (Phi) is 5.70. The van der Waals surface area contributed by atoms with Crippen LogP contribution in [0.25, 0.3) is 0 Å². The number of carbonyl (C=O) groups is 2. The predicted octanol–water partition coefficient (Wildman–Crippen LogP) is 1.90. The second kappa shape index (κ2) is 7.99. The summed E-state index contributed by atoms with van der Waals surface area (Å²) in [6, 6.07) is 1.98. The number of nitrogens with one attached hydrogen (secondary N) is 1.